The number of aromatic nitrogens is 1. The van der Waals surface area contributed by atoms with Crippen LogP contribution in [0.1, 0.15) is 28.3 Å². The zero-order chi connectivity index (χ0) is 23.0. The Bertz CT molecular complexity index is 1230. The number of aliphatic hydroxyl groups is 1. The summed E-state index contributed by atoms with van der Waals surface area (Å²) in [7, 11) is 1.49. The number of hydrogen-bond donors (Lipinski definition) is 1. The monoisotopic (exact) mass is 448 g/mol. The number of methoxy groups -OCH3 is 1. The normalized spacial score (nSPS) is 17.6. The maximum absolute atomic E-state index is 13.2. The van der Waals surface area contributed by atoms with E-state index in [1.165, 1.54) is 18.1 Å². The van der Waals surface area contributed by atoms with Gasteiger partial charge in [0.15, 0.2) is 0 Å². The molecule has 1 atom stereocenters. The lowest BCUT2D eigenvalue weighted by atomic mass is 9.95. The summed E-state index contributed by atoms with van der Waals surface area (Å²) in [6, 6.07) is 13.0. The van der Waals surface area contributed by atoms with Gasteiger partial charge in [-0.1, -0.05) is 17.7 Å². The summed E-state index contributed by atoms with van der Waals surface area (Å²) in [5, 5.41) is 11.4. The predicted octanol–water partition coefficient (Wildman–Crippen LogP) is 4.99. The average molecular weight is 449 g/mol. The smallest absolute Gasteiger partial charge is 0.300 e. The Kier molecular flexibility index (Phi) is 5.72. The fraction of sp³-hybridized carbons (Fsp3) is 0.160. The van der Waals surface area contributed by atoms with E-state index >= 15 is 0 Å². The summed E-state index contributed by atoms with van der Waals surface area (Å²) < 4.78 is 5.17. The van der Waals surface area contributed by atoms with Gasteiger partial charge in [-0.2, -0.15) is 0 Å². The SMILES string of the molecule is COc1ccc(/C(O)=C2/C(=O)C(=O)N(c3cc(C)cc(C)c3)C2c2ccncc2)cc1Cl. The quantitative estimate of drug-likeness (QED) is 0.345. The number of anilines is 1. The number of halogens is 1. The van der Waals surface area contributed by atoms with Gasteiger partial charge in [-0.25, -0.2) is 0 Å². The first-order chi connectivity index (χ1) is 15.3. The standard InChI is InChI=1S/C25H21ClN2O4/c1-14-10-15(2)12-18(11-14)28-22(16-6-8-27-9-7-16)21(24(30)25(28)31)23(29)17-4-5-20(32-3)19(26)13-17/h4-13,22,29H,1-3H3/b23-21-. The van der Waals surface area contributed by atoms with Gasteiger partial charge >= 0.3 is 0 Å². The number of Topliss-reactive ketones (excluding diaryl/α,β-unsaturated/α-hetero) is 1. The number of ether oxygens (including phenoxy) is 1. The van der Waals surface area contributed by atoms with Crippen LogP contribution < -0.4 is 9.64 Å². The van der Waals surface area contributed by atoms with Gasteiger partial charge in [-0.3, -0.25) is 19.5 Å². The highest BCUT2D eigenvalue weighted by Gasteiger charge is 2.47. The highest BCUT2D eigenvalue weighted by molar-refractivity contribution is 6.51. The van der Waals surface area contributed by atoms with E-state index in [9.17, 15) is 14.7 Å². The van der Waals surface area contributed by atoms with E-state index < -0.39 is 17.7 Å². The lowest BCUT2D eigenvalue weighted by Crippen LogP contribution is -2.29. The molecular formula is C25H21ClN2O4. The zero-order valence-corrected chi connectivity index (χ0v) is 18.6. The van der Waals surface area contributed by atoms with Gasteiger partial charge in [-0.15, -0.1) is 0 Å². The predicted molar refractivity (Wildman–Crippen MR) is 123 cm³/mol. The van der Waals surface area contributed by atoms with Gasteiger partial charge in [0, 0.05) is 23.6 Å². The number of pyridine rings is 1. The second-order valence-corrected chi connectivity index (χ2v) is 8.05. The third-order valence-corrected chi connectivity index (χ3v) is 5.67. The van der Waals surface area contributed by atoms with Crippen molar-refractivity contribution in [2.24, 2.45) is 0 Å². The van der Waals surface area contributed by atoms with Crippen LogP contribution in [0.3, 0.4) is 0 Å². The molecule has 0 bridgehead atoms. The lowest BCUT2D eigenvalue weighted by Gasteiger charge is -2.26. The van der Waals surface area contributed by atoms with Crippen molar-refractivity contribution in [1.82, 2.24) is 4.98 Å². The Balaban J connectivity index is 1.95. The van der Waals surface area contributed by atoms with Crippen molar-refractivity contribution in [3.63, 3.8) is 0 Å². The van der Waals surface area contributed by atoms with Crippen molar-refractivity contribution < 1.29 is 19.4 Å². The largest absolute Gasteiger partial charge is 0.507 e. The number of nitrogens with zero attached hydrogens (tertiary/aromatic N) is 2. The molecule has 0 radical (unpaired) electrons. The molecule has 0 saturated carbocycles. The zero-order valence-electron chi connectivity index (χ0n) is 17.8. The van der Waals surface area contributed by atoms with Crippen LogP contribution >= 0.6 is 11.6 Å². The summed E-state index contributed by atoms with van der Waals surface area (Å²) in [5.41, 5.74) is 3.45. The van der Waals surface area contributed by atoms with Crippen LogP contribution in [0.25, 0.3) is 5.76 Å². The number of aliphatic hydroxyl groups excluding tert-OH is 1. The number of benzene rings is 2. The van der Waals surface area contributed by atoms with Crippen molar-refractivity contribution in [2.45, 2.75) is 19.9 Å². The molecule has 162 valence electrons. The van der Waals surface area contributed by atoms with Gasteiger partial charge in [0.05, 0.1) is 23.7 Å². The average Bonchev–Trinajstić information content (AvgIpc) is 3.04. The number of amides is 1. The molecule has 1 unspecified atom stereocenters. The van der Waals surface area contributed by atoms with Crippen LogP contribution in [-0.2, 0) is 9.59 Å². The molecule has 1 N–H and O–H groups in total. The summed E-state index contributed by atoms with van der Waals surface area (Å²) in [6.45, 7) is 3.85. The van der Waals surface area contributed by atoms with Gasteiger partial charge in [0.25, 0.3) is 11.7 Å². The van der Waals surface area contributed by atoms with E-state index in [2.05, 4.69) is 4.98 Å². The Hall–Kier alpha value is -3.64. The Labute approximate surface area is 190 Å². The summed E-state index contributed by atoms with van der Waals surface area (Å²) in [4.78, 5) is 31.8. The maximum atomic E-state index is 13.2. The number of carbonyl (C=O) groups is 2. The molecule has 1 saturated heterocycles. The van der Waals surface area contributed by atoms with E-state index in [1.807, 2.05) is 32.0 Å². The van der Waals surface area contributed by atoms with Crippen LogP contribution in [-0.4, -0.2) is 28.9 Å². The van der Waals surface area contributed by atoms with Gasteiger partial charge in [-0.05, 0) is 73.0 Å². The molecule has 4 rings (SSSR count). The Morgan fingerprint density at radius 3 is 2.28 bits per heavy atom. The molecule has 1 aliphatic heterocycles. The molecule has 7 heteroatoms. The van der Waals surface area contributed by atoms with Gasteiger partial charge in [0.1, 0.15) is 11.5 Å². The number of ketones is 1. The van der Waals surface area contributed by atoms with Crippen molar-refractivity contribution >= 4 is 34.7 Å². The number of hydrogen-bond acceptors (Lipinski definition) is 5. The third kappa shape index (κ3) is 3.74. The van der Waals surface area contributed by atoms with E-state index in [1.54, 1.807) is 36.7 Å². The second-order valence-electron chi connectivity index (χ2n) is 7.64. The minimum atomic E-state index is -0.819. The fourth-order valence-electron chi connectivity index (χ4n) is 4.02. The van der Waals surface area contributed by atoms with Crippen LogP contribution in [0.4, 0.5) is 5.69 Å². The highest BCUT2D eigenvalue weighted by atomic mass is 35.5. The first-order valence-electron chi connectivity index (χ1n) is 9.95. The lowest BCUT2D eigenvalue weighted by molar-refractivity contribution is -0.132. The summed E-state index contributed by atoms with van der Waals surface area (Å²) >= 11 is 6.23. The Morgan fingerprint density at radius 2 is 1.69 bits per heavy atom. The maximum Gasteiger partial charge on any atom is 0.300 e. The summed E-state index contributed by atoms with van der Waals surface area (Å²) in [5.74, 6) is -1.35. The molecular weight excluding hydrogens is 428 g/mol. The van der Waals surface area contributed by atoms with E-state index in [4.69, 9.17) is 16.3 Å². The minimum Gasteiger partial charge on any atom is -0.507 e. The first kappa shape index (κ1) is 21.6. The fourth-order valence-corrected chi connectivity index (χ4v) is 4.28. The van der Waals surface area contributed by atoms with Gasteiger partial charge in [0.2, 0.25) is 0 Å². The molecule has 0 spiro atoms. The molecule has 3 aromatic rings. The Morgan fingerprint density at radius 1 is 1.03 bits per heavy atom. The van der Waals surface area contributed by atoms with E-state index in [0.29, 0.717) is 22.6 Å². The highest BCUT2D eigenvalue weighted by Crippen LogP contribution is 2.43. The number of carbonyl (C=O) groups excluding carboxylic acids is 2. The van der Waals surface area contributed by atoms with Crippen molar-refractivity contribution in [1.29, 1.82) is 0 Å². The van der Waals surface area contributed by atoms with E-state index in [-0.39, 0.29) is 16.4 Å². The van der Waals surface area contributed by atoms with Crippen LogP contribution in [0.2, 0.25) is 5.02 Å². The second kappa shape index (κ2) is 8.48. The molecule has 2 aromatic carbocycles. The minimum absolute atomic E-state index is 0.0124. The van der Waals surface area contributed by atoms with Gasteiger partial charge < -0.3 is 9.84 Å². The van der Waals surface area contributed by atoms with Crippen molar-refractivity contribution in [3.8, 4) is 5.75 Å². The first-order valence-corrected chi connectivity index (χ1v) is 10.3. The molecule has 1 fully saturated rings. The van der Waals surface area contributed by atoms with E-state index in [0.717, 1.165) is 11.1 Å². The molecule has 1 amide bonds. The van der Waals surface area contributed by atoms with Crippen LogP contribution in [0.5, 0.6) is 5.75 Å². The molecule has 1 aliphatic rings. The van der Waals surface area contributed by atoms with Crippen LogP contribution in [0, 0.1) is 13.8 Å². The molecule has 6 nitrogen and oxygen atoms in total. The van der Waals surface area contributed by atoms with Crippen LogP contribution in [0.15, 0.2) is 66.5 Å². The molecule has 2 heterocycles. The summed E-state index contributed by atoms with van der Waals surface area (Å²) in [6.07, 6.45) is 3.17. The topological polar surface area (TPSA) is 79.7 Å². The van der Waals surface area contributed by atoms with Crippen molar-refractivity contribution in [2.75, 3.05) is 12.0 Å². The molecule has 1 aromatic heterocycles. The molecule has 0 aliphatic carbocycles. The van der Waals surface area contributed by atoms with Crippen molar-refractivity contribution in [3.05, 3.63) is 93.8 Å². The third-order valence-electron chi connectivity index (χ3n) is 5.38. The number of rotatable bonds is 4. The number of aryl methyl sites for hydroxylation is 2. The molecule has 32 heavy (non-hydrogen) atoms.